The molecule has 3 aliphatic heterocycles. The summed E-state index contributed by atoms with van der Waals surface area (Å²) in [6.07, 6.45) is 5.43. The van der Waals surface area contributed by atoms with Gasteiger partial charge in [0.25, 0.3) is 11.8 Å². The lowest BCUT2D eigenvalue weighted by Gasteiger charge is -2.36. The number of likely N-dealkylation sites (tertiary alicyclic amines) is 2. The number of hydrogen-bond acceptors (Lipinski definition) is 6. The maximum atomic E-state index is 13.7. The van der Waals surface area contributed by atoms with E-state index in [0.29, 0.717) is 43.0 Å². The van der Waals surface area contributed by atoms with Crippen molar-refractivity contribution in [3.8, 4) is 0 Å². The monoisotopic (exact) mass is 524 g/mol. The number of carbonyl (C=O) groups is 4. The van der Waals surface area contributed by atoms with Gasteiger partial charge in [-0.05, 0) is 45.1 Å². The zero-order valence-corrected chi connectivity index (χ0v) is 21.8. The second-order valence-corrected chi connectivity index (χ2v) is 10.8. The first-order valence-corrected chi connectivity index (χ1v) is 13.7. The lowest BCUT2D eigenvalue weighted by Crippen LogP contribution is -2.52. The van der Waals surface area contributed by atoms with Crippen molar-refractivity contribution in [3.05, 3.63) is 29.8 Å². The largest absolute Gasteiger partial charge is 0.341 e. The first-order valence-electron chi connectivity index (χ1n) is 12.9. The third-order valence-corrected chi connectivity index (χ3v) is 8.46. The molecule has 3 aliphatic rings. The van der Waals surface area contributed by atoms with E-state index >= 15 is 0 Å². The van der Waals surface area contributed by atoms with Crippen molar-refractivity contribution in [1.29, 1.82) is 0 Å². The number of carbonyl (C=O) groups excluding carboxylic acids is 4. The fourth-order valence-electron chi connectivity index (χ4n) is 5.29. The van der Waals surface area contributed by atoms with Gasteiger partial charge in [-0.25, -0.2) is 4.79 Å². The second kappa shape index (κ2) is 10.5. The van der Waals surface area contributed by atoms with E-state index in [1.807, 2.05) is 36.1 Å². The fraction of sp³-hybridized carbons (Fsp3) is 0.500. The lowest BCUT2D eigenvalue weighted by atomic mass is 9.87. The highest BCUT2D eigenvalue weighted by Crippen LogP contribution is 2.38. The molecule has 4 heterocycles. The number of nitrogens with one attached hydrogen (secondary N) is 2. The minimum Gasteiger partial charge on any atom is -0.341 e. The van der Waals surface area contributed by atoms with E-state index in [4.69, 9.17) is 0 Å². The van der Waals surface area contributed by atoms with Gasteiger partial charge in [0, 0.05) is 42.8 Å². The molecule has 0 unspecified atom stereocenters. The van der Waals surface area contributed by atoms with E-state index in [1.165, 1.54) is 22.6 Å². The summed E-state index contributed by atoms with van der Waals surface area (Å²) in [5.74, 6) is -0.379. The minimum absolute atomic E-state index is 0.0163. The molecule has 0 saturated carbocycles. The summed E-state index contributed by atoms with van der Waals surface area (Å²) in [5, 5.41) is 6.84. The number of rotatable bonds is 5. The van der Waals surface area contributed by atoms with Gasteiger partial charge >= 0.3 is 6.03 Å². The summed E-state index contributed by atoms with van der Waals surface area (Å²) in [6.45, 7) is 4.54. The molecule has 10 nitrogen and oxygen atoms in total. The third-order valence-electron chi connectivity index (χ3n) is 7.37. The SMILES string of the molecule is CCNC(=O)Nc1sc2ccccc2c1C(=O)N1CCC2(CC1)N=CN(CC(=O)N1CCCCC1)C2=O. The topological polar surface area (TPSA) is 114 Å². The predicted molar refractivity (Wildman–Crippen MR) is 143 cm³/mol. The fourth-order valence-corrected chi connectivity index (χ4v) is 6.38. The molecule has 2 saturated heterocycles. The molecule has 5 rings (SSSR count). The van der Waals surface area contributed by atoms with Crippen molar-refractivity contribution in [1.82, 2.24) is 20.0 Å². The van der Waals surface area contributed by atoms with Crippen molar-refractivity contribution >= 4 is 56.5 Å². The molecule has 11 heteroatoms. The Balaban J connectivity index is 1.26. The molecule has 0 radical (unpaired) electrons. The van der Waals surface area contributed by atoms with Gasteiger partial charge in [0.15, 0.2) is 0 Å². The molecule has 37 heavy (non-hydrogen) atoms. The first-order chi connectivity index (χ1) is 17.9. The van der Waals surface area contributed by atoms with Crippen LogP contribution in [0.15, 0.2) is 29.3 Å². The van der Waals surface area contributed by atoms with Crippen LogP contribution in [0.25, 0.3) is 10.1 Å². The summed E-state index contributed by atoms with van der Waals surface area (Å²) in [7, 11) is 0. The molecule has 0 atom stereocenters. The number of amides is 5. The highest BCUT2D eigenvalue weighted by molar-refractivity contribution is 7.23. The first kappa shape index (κ1) is 25.2. The molecule has 1 aromatic carbocycles. The van der Waals surface area contributed by atoms with Crippen molar-refractivity contribution in [2.75, 3.05) is 44.6 Å². The average molecular weight is 525 g/mol. The zero-order valence-electron chi connectivity index (χ0n) is 21.0. The lowest BCUT2D eigenvalue weighted by molar-refractivity contribution is -0.139. The van der Waals surface area contributed by atoms with Crippen molar-refractivity contribution in [2.45, 2.75) is 44.6 Å². The summed E-state index contributed by atoms with van der Waals surface area (Å²) in [6, 6.07) is 7.23. The van der Waals surface area contributed by atoms with Crippen LogP contribution in [0.3, 0.4) is 0 Å². The second-order valence-electron chi connectivity index (χ2n) is 9.73. The summed E-state index contributed by atoms with van der Waals surface area (Å²) in [5.41, 5.74) is -0.449. The molecule has 2 fully saturated rings. The minimum atomic E-state index is -0.919. The molecular formula is C26H32N6O4S. The van der Waals surface area contributed by atoms with E-state index < -0.39 is 5.54 Å². The molecule has 1 spiro atoms. The van der Waals surface area contributed by atoms with E-state index in [9.17, 15) is 19.2 Å². The number of anilines is 1. The van der Waals surface area contributed by atoms with Crippen LogP contribution in [0, 0.1) is 0 Å². The Labute approximate surface area is 219 Å². The molecule has 1 aromatic heterocycles. The van der Waals surface area contributed by atoms with Crippen LogP contribution in [-0.2, 0) is 9.59 Å². The van der Waals surface area contributed by atoms with Crippen molar-refractivity contribution in [3.63, 3.8) is 0 Å². The summed E-state index contributed by atoms with van der Waals surface area (Å²) >= 11 is 1.37. The Morgan fingerprint density at radius 1 is 1.03 bits per heavy atom. The van der Waals surface area contributed by atoms with Gasteiger partial charge in [0.05, 0.1) is 11.9 Å². The molecule has 196 valence electrons. The number of nitrogens with zero attached hydrogens (tertiary/aromatic N) is 4. The maximum Gasteiger partial charge on any atom is 0.319 e. The van der Waals surface area contributed by atoms with Crippen LogP contribution in [0.1, 0.15) is 49.4 Å². The Morgan fingerprint density at radius 2 is 1.76 bits per heavy atom. The number of thiophene rings is 1. The molecule has 2 N–H and O–H groups in total. The highest BCUT2D eigenvalue weighted by Gasteiger charge is 2.48. The van der Waals surface area contributed by atoms with Gasteiger partial charge in [-0.3, -0.25) is 29.6 Å². The standard InChI is InChI=1S/C26H32N6O4S/c1-2-27-25(36)29-22-21(18-8-4-5-9-19(18)37-22)23(34)31-14-10-26(11-15-31)24(35)32(17-28-26)16-20(33)30-12-6-3-7-13-30/h4-5,8-9,17H,2-3,6-7,10-16H2,1H3,(H2,27,29,36). The molecule has 5 amide bonds. The van der Waals surface area contributed by atoms with E-state index in [2.05, 4.69) is 15.6 Å². The third kappa shape index (κ3) is 4.92. The zero-order chi connectivity index (χ0) is 26.0. The number of urea groups is 1. The summed E-state index contributed by atoms with van der Waals surface area (Å²) in [4.78, 5) is 61.4. The van der Waals surface area contributed by atoms with E-state index in [-0.39, 0.29) is 30.3 Å². The average Bonchev–Trinajstić information content (AvgIpc) is 3.42. The Bertz CT molecular complexity index is 1240. The van der Waals surface area contributed by atoms with Crippen LogP contribution in [0.2, 0.25) is 0 Å². The predicted octanol–water partition coefficient (Wildman–Crippen LogP) is 2.90. The van der Waals surface area contributed by atoms with Gasteiger partial charge < -0.3 is 15.1 Å². The number of piperidine rings is 2. The number of aliphatic imine (C=N–C) groups is 1. The smallest absolute Gasteiger partial charge is 0.319 e. The normalized spacial score (nSPS) is 19.1. The van der Waals surface area contributed by atoms with Crippen molar-refractivity contribution in [2.24, 2.45) is 4.99 Å². The quantitative estimate of drug-likeness (QED) is 0.626. The van der Waals surface area contributed by atoms with E-state index in [0.717, 1.165) is 42.4 Å². The van der Waals surface area contributed by atoms with Crippen molar-refractivity contribution < 1.29 is 19.2 Å². The molecular weight excluding hydrogens is 492 g/mol. The van der Waals surface area contributed by atoms with Crippen LogP contribution < -0.4 is 10.6 Å². The molecule has 0 bridgehead atoms. The number of hydrogen-bond donors (Lipinski definition) is 2. The van der Waals surface area contributed by atoms with Gasteiger partial charge in [-0.15, -0.1) is 11.3 Å². The maximum absolute atomic E-state index is 13.7. The van der Waals surface area contributed by atoms with Crippen LogP contribution in [0.4, 0.5) is 9.80 Å². The van der Waals surface area contributed by atoms with Crippen LogP contribution in [-0.4, -0.2) is 89.6 Å². The van der Waals surface area contributed by atoms with Crippen LogP contribution >= 0.6 is 11.3 Å². The Kier molecular flexibility index (Phi) is 7.14. The van der Waals surface area contributed by atoms with Crippen LogP contribution in [0.5, 0.6) is 0 Å². The number of benzene rings is 1. The molecule has 2 aromatic rings. The number of fused-ring (bicyclic) bond motifs is 1. The van der Waals surface area contributed by atoms with Gasteiger partial charge in [-0.1, -0.05) is 18.2 Å². The Hall–Kier alpha value is -3.47. The van der Waals surface area contributed by atoms with E-state index in [1.54, 1.807) is 4.90 Å². The van der Waals surface area contributed by atoms with Gasteiger partial charge in [0.1, 0.15) is 17.1 Å². The van der Waals surface area contributed by atoms with Gasteiger partial charge in [0.2, 0.25) is 5.91 Å². The highest BCUT2D eigenvalue weighted by atomic mass is 32.1. The Morgan fingerprint density at radius 3 is 2.49 bits per heavy atom. The van der Waals surface area contributed by atoms with Gasteiger partial charge in [-0.2, -0.15) is 0 Å². The summed E-state index contributed by atoms with van der Waals surface area (Å²) < 4.78 is 0.913. The molecule has 0 aliphatic carbocycles.